The number of benzene rings is 2. The predicted octanol–water partition coefficient (Wildman–Crippen LogP) is 4.63. The van der Waals surface area contributed by atoms with Gasteiger partial charge in [0.05, 0.1) is 5.69 Å². The van der Waals surface area contributed by atoms with E-state index in [1.807, 2.05) is 12.1 Å². The SMILES string of the molecule is CC[C@@H](C)c1ccc(OCC(=O)Nc2ccc(F)c(F)c2F)cc1. The van der Waals surface area contributed by atoms with Crippen LogP contribution in [-0.2, 0) is 4.79 Å². The molecule has 0 radical (unpaired) electrons. The van der Waals surface area contributed by atoms with E-state index in [0.29, 0.717) is 11.7 Å². The Morgan fingerprint density at radius 3 is 2.38 bits per heavy atom. The van der Waals surface area contributed by atoms with E-state index in [4.69, 9.17) is 4.74 Å². The van der Waals surface area contributed by atoms with Gasteiger partial charge in [-0.25, -0.2) is 13.2 Å². The third-order valence-corrected chi connectivity index (χ3v) is 3.74. The number of carbonyl (C=O) groups excluding carboxylic acids is 1. The standard InChI is InChI=1S/C18H18F3NO2/c1-3-11(2)12-4-6-13(7-5-12)24-10-16(23)22-15-9-8-14(19)17(20)18(15)21/h4-9,11H,3,10H2,1-2H3,(H,22,23)/t11-/m1/s1. The second-order valence-electron chi connectivity index (χ2n) is 5.44. The molecule has 0 aliphatic carbocycles. The van der Waals surface area contributed by atoms with Crippen molar-refractivity contribution < 1.29 is 22.7 Å². The lowest BCUT2D eigenvalue weighted by atomic mass is 9.99. The minimum absolute atomic E-state index is 0.374. The van der Waals surface area contributed by atoms with E-state index in [-0.39, 0.29) is 6.61 Å². The van der Waals surface area contributed by atoms with E-state index < -0.39 is 29.0 Å². The lowest BCUT2D eigenvalue weighted by Gasteiger charge is -2.11. The summed E-state index contributed by atoms with van der Waals surface area (Å²) in [5, 5.41) is 2.14. The highest BCUT2D eigenvalue weighted by molar-refractivity contribution is 5.92. The van der Waals surface area contributed by atoms with Gasteiger partial charge in [0, 0.05) is 0 Å². The van der Waals surface area contributed by atoms with Gasteiger partial charge in [-0.05, 0) is 42.2 Å². The highest BCUT2D eigenvalue weighted by Gasteiger charge is 2.15. The highest BCUT2D eigenvalue weighted by atomic mass is 19.2. The van der Waals surface area contributed by atoms with Crippen molar-refractivity contribution in [3.8, 4) is 5.75 Å². The molecule has 3 nitrogen and oxygen atoms in total. The minimum atomic E-state index is -1.63. The van der Waals surface area contributed by atoms with E-state index in [2.05, 4.69) is 19.2 Å². The van der Waals surface area contributed by atoms with Crippen molar-refractivity contribution in [3.63, 3.8) is 0 Å². The molecule has 0 unspecified atom stereocenters. The summed E-state index contributed by atoms with van der Waals surface area (Å²) in [4.78, 5) is 11.7. The van der Waals surface area contributed by atoms with Crippen molar-refractivity contribution in [2.45, 2.75) is 26.2 Å². The Kier molecular flexibility index (Phi) is 5.84. The molecular weight excluding hydrogens is 319 g/mol. The van der Waals surface area contributed by atoms with Crippen molar-refractivity contribution >= 4 is 11.6 Å². The fraction of sp³-hybridized carbons (Fsp3) is 0.278. The summed E-state index contributed by atoms with van der Waals surface area (Å²) in [5.74, 6) is -4.15. The van der Waals surface area contributed by atoms with Crippen LogP contribution in [-0.4, -0.2) is 12.5 Å². The van der Waals surface area contributed by atoms with Crippen LogP contribution in [0.2, 0.25) is 0 Å². The largest absolute Gasteiger partial charge is 0.484 e. The molecule has 128 valence electrons. The second kappa shape index (κ2) is 7.86. The molecule has 1 atom stereocenters. The zero-order chi connectivity index (χ0) is 17.7. The Bertz CT molecular complexity index is 717. The van der Waals surface area contributed by atoms with Crippen LogP contribution < -0.4 is 10.1 Å². The van der Waals surface area contributed by atoms with Crippen LogP contribution in [0.15, 0.2) is 36.4 Å². The van der Waals surface area contributed by atoms with E-state index >= 15 is 0 Å². The lowest BCUT2D eigenvalue weighted by Crippen LogP contribution is -2.21. The predicted molar refractivity (Wildman–Crippen MR) is 85.6 cm³/mol. The van der Waals surface area contributed by atoms with E-state index in [9.17, 15) is 18.0 Å². The average Bonchev–Trinajstić information content (AvgIpc) is 2.60. The Labute approximate surface area is 138 Å². The Morgan fingerprint density at radius 2 is 1.75 bits per heavy atom. The van der Waals surface area contributed by atoms with Gasteiger partial charge in [0.15, 0.2) is 24.1 Å². The van der Waals surface area contributed by atoms with Crippen LogP contribution in [0.5, 0.6) is 5.75 Å². The zero-order valence-corrected chi connectivity index (χ0v) is 13.4. The van der Waals surface area contributed by atoms with Crippen molar-refractivity contribution in [1.82, 2.24) is 0 Å². The number of halogens is 3. The van der Waals surface area contributed by atoms with Crippen LogP contribution in [0.25, 0.3) is 0 Å². The third-order valence-electron chi connectivity index (χ3n) is 3.74. The van der Waals surface area contributed by atoms with E-state index in [1.165, 1.54) is 0 Å². The molecule has 0 aliphatic heterocycles. The number of anilines is 1. The van der Waals surface area contributed by atoms with Crippen LogP contribution in [0.3, 0.4) is 0 Å². The summed E-state index contributed by atoms with van der Waals surface area (Å²) >= 11 is 0. The van der Waals surface area contributed by atoms with E-state index in [0.717, 1.165) is 24.1 Å². The molecule has 0 saturated heterocycles. The molecule has 24 heavy (non-hydrogen) atoms. The molecule has 6 heteroatoms. The maximum atomic E-state index is 13.5. The number of nitrogens with one attached hydrogen (secondary N) is 1. The molecule has 0 bridgehead atoms. The molecule has 2 aromatic rings. The summed E-state index contributed by atoms with van der Waals surface area (Å²) in [7, 11) is 0. The van der Waals surface area contributed by atoms with Crippen molar-refractivity contribution in [2.75, 3.05) is 11.9 Å². The van der Waals surface area contributed by atoms with Crippen molar-refractivity contribution in [1.29, 1.82) is 0 Å². The molecule has 2 rings (SSSR count). The number of ether oxygens (including phenoxy) is 1. The molecule has 1 N–H and O–H groups in total. The number of rotatable bonds is 6. The Morgan fingerprint density at radius 1 is 1.08 bits per heavy atom. The van der Waals surface area contributed by atoms with Gasteiger partial charge in [0.2, 0.25) is 0 Å². The monoisotopic (exact) mass is 337 g/mol. The molecule has 0 aliphatic rings. The summed E-state index contributed by atoms with van der Waals surface area (Å²) in [6.45, 7) is 3.83. The van der Waals surface area contributed by atoms with Gasteiger partial charge in [0.1, 0.15) is 5.75 Å². The minimum Gasteiger partial charge on any atom is -0.484 e. The normalized spacial score (nSPS) is 11.9. The summed E-state index contributed by atoms with van der Waals surface area (Å²) < 4.78 is 44.7. The topological polar surface area (TPSA) is 38.3 Å². The number of hydrogen-bond donors (Lipinski definition) is 1. The molecule has 0 fully saturated rings. The second-order valence-corrected chi connectivity index (χ2v) is 5.44. The fourth-order valence-electron chi connectivity index (χ4n) is 2.09. The quantitative estimate of drug-likeness (QED) is 0.780. The number of amides is 1. The van der Waals surface area contributed by atoms with Crippen molar-refractivity contribution in [2.24, 2.45) is 0 Å². The smallest absolute Gasteiger partial charge is 0.262 e. The van der Waals surface area contributed by atoms with Gasteiger partial charge in [-0.2, -0.15) is 0 Å². The third kappa shape index (κ3) is 4.28. The Hall–Kier alpha value is -2.50. The van der Waals surface area contributed by atoms with Crippen LogP contribution >= 0.6 is 0 Å². The van der Waals surface area contributed by atoms with Gasteiger partial charge < -0.3 is 10.1 Å². The van der Waals surface area contributed by atoms with Crippen LogP contribution in [0.4, 0.5) is 18.9 Å². The first kappa shape index (κ1) is 17.8. The van der Waals surface area contributed by atoms with E-state index in [1.54, 1.807) is 12.1 Å². The molecule has 0 spiro atoms. The first-order valence-electron chi connectivity index (χ1n) is 7.58. The summed E-state index contributed by atoms with van der Waals surface area (Å²) in [6.07, 6.45) is 1.02. The number of hydrogen-bond acceptors (Lipinski definition) is 2. The maximum absolute atomic E-state index is 13.5. The van der Waals surface area contributed by atoms with Crippen LogP contribution in [0.1, 0.15) is 31.7 Å². The maximum Gasteiger partial charge on any atom is 0.262 e. The molecule has 1 amide bonds. The summed E-state index contributed by atoms with van der Waals surface area (Å²) in [5.41, 5.74) is 0.729. The molecule has 0 aromatic heterocycles. The molecule has 2 aromatic carbocycles. The zero-order valence-electron chi connectivity index (χ0n) is 13.4. The van der Waals surface area contributed by atoms with Gasteiger partial charge in [0.25, 0.3) is 5.91 Å². The van der Waals surface area contributed by atoms with Crippen molar-refractivity contribution in [3.05, 3.63) is 59.4 Å². The molecule has 0 heterocycles. The van der Waals surface area contributed by atoms with Gasteiger partial charge in [-0.15, -0.1) is 0 Å². The Balaban J connectivity index is 1.93. The molecule has 0 saturated carbocycles. The first-order chi connectivity index (χ1) is 11.4. The highest BCUT2D eigenvalue weighted by Crippen LogP contribution is 2.22. The lowest BCUT2D eigenvalue weighted by molar-refractivity contribution is -0.118. The average molecular weight is 337 g/mol. The van der Waals surface area contributed by atoms with Crippen LogP contribution in [0, 0.1) is 17.5 Å². The van der Waals surface area contributed by atoms with Gasteiger partial charge >= 0.3 is 0 Å². The fourth-order valence-corrected chi connectivity index (χ4v) is 2.09. The molecular formula is C18H18F3NO2. The first-order valence-corrected chi connectivity index (χ1v) is 7.58. The number of carbonyl (C=O) groups is 1. The van der Waals surface area contributed by atoms with Gasteiger partial charge in [-0.3, -0.25) is 4.79 Å². The van der Waals surface area contributed by atoms with Gasteiger partial charge in [-0.1, -0.05) is 26.0 Å². The summed E-state index contributed by atoms with van der Waals surface area (Å²) in [6, 6.07) is 9.00.